The van der Waals surface area contributed by atoms with Crippen molar-refractivity contribution in [1.29, 1.82) is 0 Å². The summed E-state index contributed by atoms with van der Waals surface area (Å²) in [6, 6.07) is 7.54. The highest BCUT2D eigenvalue weighted by atomic mass is 28.4. The van der Waals surface area contributed by atoms with Crippen molar-refractivity contribution in [1.82, 2.24) is 4.90 Å². The largest absolute Gasteiger partial charge is 0.469 e. The monoisotopic (exact) mass is 447 g/mol. The third-order valence-electron chi connectivity index (χ3n) is 4.76. The van der Waals surface area contributed by atoms with Crippen molar-refractivity contribution in [2.75, 3.05) is 13.7 Å². The quantitative estimate of drug-likeness (QED) is 0.479. The summed E-state index contributed by atoms with van der Waals surface area (Å²) in [6.45, 7) is 4.67. The van der Waals surface area contributed by atoms with E-state index < -0.39 is 44.6 Å². The summed E-state index contributed by atoms with van der Waals surface area (Å²) in [5, 5.41) is 0. The Labute approximate surface area is 175 Å². The summed E-state index contributed by atoms with van der Waals surface area (Å²) in [5.74, 6) is -1.28. The summed E-state index contributed by atoms with van der Waals surface area (Å²) in [6.07, 6.45) is -7.60. The number of halogens is 3. The number of carbonyl (C=O) groups is 2. The molecule has 1 aliphatic heterocycles. The van der Waals surface area contributed by atoms with Crippen LogP contribution in [0, 0.1) is 5.92 Å². The number of amides is 1. The van der Waals surface area contributed by atoms with Crippen LogP contribution in [0.25, 0.3) is 0 Å². The Bertz CT molecular complexity index is 723. The molecule has 0 radical (unpaired) electrons. The Morgan fingerprint density at radius 3 is 2.33 bits per heavy atom. The molecule has 0 spiro atoms. The van der Waals surface area contributed by atoms with Gasteiger partial charge in [0, 0.05) is 6.54 Å². The van der Waals surface area contributed by atoms with Crippen LogP contribution in [0.2, 0.25) is 19.6 Å². The Morgan fingerprint density at radius 1 is 1.17 bits per heavy atom. The van der Waals surface area contributed by atoms with Gasteiger partial charge in [-0.25, -0.2) is 4.79 Å². The van der Waals surface area contributed by atoms with E-state index in [1.807, 2.05) is 0 Å². The van der Waals surface area contributed by atoms with E-state index in [2.05, 4.69) is 0 Å². The lowest BCUT2D eigenvalue weighted by Crippen LogP contribution is -2.59. The fourth-order valence-electron chi connectivity index (χ4n) is 3.42. The fraction of sp³-hybridized carbons (Fsp3) is 0.600. The lowest BCUT2D eigenvalue weighted by atomic mass is 9.90. The first-order chi connectivity index (χ1) is 13.9. The number of likely N-dealkylation sites (tertiary alicyclic amines) is 1. The molecule has 1 amide bonds. The van der Waals surface area contributed by atoms with Gasteiger partial charge < -0.3 is 18.8 Å². The van der Waals surface area contributed by atoms with Crippen LogP contribution in [0.4, 0.5) is 18.0 Å². The lowest BCUT2D eigenvalue weighted by Gasteiger charge is -2.43. The number of methoxy groups -OCH3 is 1. The standard InChI is InChI=1S/C20H28F3NO5Si/c1-27-18(25)15-10-11-16(17(20(21,22)23)29-30(2,3)4)24(12-15)19(26)28-13-14-8-6-5-7-9-14/h5-9,15-17H,10-13H2,1-4H3/t15-,16?,17?/m0/s1. The molecule has 0 bridgehead atoms. The summed E-state index contributed by atoms with van der Waals surface area (Å²) in [4.78, 5) is 25.7. The molecule has 0 saturated carbocycles. The molecule has 2 rings (SSSR count). The van der Waals surface area contributed by atoms with Gasteiger partial charge >= 0.3 is 18.2 Å². The van der Waals surface area contributed by atoms with Gasteiger partial charge in [0.25, 0.3) is 0 Å². The van der Waals surface area contributed by atoms with Crippen molar-refractivity contribution < 1.29 is 36.7 Å². The zero-order chi connectivity index (χ0) is 22.5. The second-order valence-corrected chi connectivity index (χ2v) is 12.7. The van der Waals surface area contributed by atoms with Crippen molar-refractivity contribution in [3.63, 3.8) is 0 Å². The molecule has 10 heteroatoms. The van der Waals surface area contributed by atoms with Crippen molar-refractivity contribution in [3.8, 4) is 0 Å². The maximum absolute atomic E-state index is 13.9. The molecule has 1 heterocycles. The van der Waals surface area contributed by atoms with E-state index in [1.165, 1.54) is 7.11 Å². The van der Waals surface area contributed by atoms with Crippen LogP contribution in [0.1, 0.15) is 18.4 Å². The molecule has 0 aromatic heterocycles. The Balaban J connectivity index is 2.26. The maximum atomic E-state index is 13.9. The van der Waals surface area contributed by atoms with Gasteiger partial charge in [-0.05, 0) is 38.0 Å². The number of piperidine rings is 1. The van der Waals surface area contributed by atoms with Gasteiger partial charge in [-0.15, -0.1) is 0 Å². The van der Waals surface area contributed by atoms with E-state index >= 15 is 0 Å². The summed E-state index contributed by atoms with van der Waals surface area (Å²) < 4.78 is 57.1. The first kappa shape index (κ1) is 24.2. The van der Waals surface area contributed by atoms with Crippen LogP contribution < -0.4 is 0 Å². The molecule has 0 aliphatic carbocycles. The van der Waals surface area contributed by atoms with E-state index in [0.717, 1.165) is 4.90 Å². The molecule has 30 heavy (non-hydrogen) atoms. The lowest BCUT2D eigenvalue weighted by molar-refractivity contribution is -0.217. The average molecular weight is 448 g/mol. The smallest absolute Gasteiger partial charge is 0.415 e. The number of rotatable bonds is 6. The molecule has 1 aromatic carbocycles. The minimum atomic E-state index is -4.67. The van der Waals surface area contributed by atoms with Crippen LogP contribution in [-0.2, 0) is 25.3 Å². The molecular formula is C20H28F3NO5Si. The van der Waals surface area contributed by atoms with E-state index in [-0.39, 0.29) is 26.0 Å². The van der Waals surface area contributed by atoms with Gasteiger partial charge in [-0.1, -0.05) is 30.3 Å². The minimum Gasteiger partial charge on any atom is -0.469 e. The number of hydrogen-bond donors (Lipinski definition) is 0. The zero-order valence-corrected chi connectivity index (χ0v) is 18.6. The molecule has 1 saturated heterocycles. The predicted molar refractivity (Wildman–Crippen MR) is 106 cm³/mol. The average Bonchev–Trinajstić information content (AvgIpc) is 2.68. The number of benzene rings is 1. The van der Waals surface area contributed by atoms with Gasteiger partial charge in [0.1, 0.15) is 6.61 Å². The third kappa shape index (κ3) is 6.73. The second-order valence-electron chi connectivity index (χ2n) is 8.25. The van der Waals surface area contributed by atoms with Gasteiger partial charge in [-0.2, -0.15) is 13.2 Å². The highest BCUT2D eigenvalue weighted by Crippen LogP contribution is 2.36. The Morgan fingerprint density at radius 2 is 1.80 bits per heavy atom. The zero-order valence-electron chi connectivity index (χ0n) is 17.6. The highest BCUT2D eigenvalue weighted by Gasteiger charge is 2.52. The second kappa shape index (κ2) is 9.82. The van der Waals surface area contributed by atoms with Gasteiger partial charge in [0.2, 0.25) is 0 Å². The van der Waals surface area contributed by atoms with Crippen molar-refractivity contribution in [2.24, 2.45) is 5.92 Å². The fourth-order valence-corrected chi connectivity index (χ4v) is 4.47. The number of carbonyl (C=O) groups excluding carboxylic acids is 2. The topological polar surface area (TPSA) is 65.1 Å². The number of esters is 1. The van der Waals surface area contributed by atoms with Gasteiger partial charge in [0.15, 0.2) is 14.4 Å². The molecule has 2 unspecified atom stereocenters. The van der Waals surface area contributed by atoms with Crippen LogP contribution in [0.15, 0.2) is 30.3 Å². The predicted octanol–water partition coefficient (Wildman–Crippen LogP) is 4.36. The van der Waals surface area contributed by atoms with Crippen LogP contribution in [0.5, 0.6) is 0 Å². The maximum Gasteiger partial charge on any atom is 0.415 e. The Hall–Kier alpha value is -2.07. The summed E-state index contributed by atoms with van der Waals surface area (Å²) in [7, 11) is -1.38. The van der Waals surface area contributed by atoms with E-state index in [4.69, 9.17) is 13.9 Å². The third-order valence-corrected chi connectivity index (χ3v) is 5.72. The molecule has 6 nitrogen and oxygen atoms in total. The van der Waals surface area contributed by atoms with E-state index in [1.54, 1.807) is 50.0 Å². The molecule has 0 N–H and O–H groups in total. The first-order valence-electron chi connectivity index (χ1n) is 9.72. The molecule has 1 aliphatic rings. The number of hydrogen-bond acceptors (Lipinski definition) is 5. The van der Waals surface area contributed by atoms with E-state index in [9.17, 15) is 22.8 Å². The van der Waals surface area contributed by atoms with Crippen molar-refractivity contribution in [2.45, 2.75) is 57.4 Å². The Kier molecular flexibility index (Phi) is 7.92. The van der Waals surface area contributed by atoms with Crippen LogP contribution >= 0.6 is 0 Å². The number of alkyl halides is 3. The van der Waals surface area contributed by atoms with Crippen molar-refractivity contribution >= 4 is 20.4 Å². The molecule has 1 fully saturated rings. The van der Waals surface area contributed by atoms with Crippen LogP contribution in [-0.4, -0.2) is 57.3 Å². The molecule has 3 atom stereocenters. The van der Waals surface area contributed by atoms with Gasteiger partial charge in [-0.3, -0.25) is 4.79 Å². The van der Waals surface area contributed by atoms with Crippen LogP contribution in [0.3, 0.4) is 0 Å². The molecule has 168 valence electrons. The first-order valence-corrected chi connectivity index (χ1v) is 13.1. The van der Waals surface area contributed by atoms with E-state index in [0.29, 0.717) is 5.56 Å². The summed E-state index contributed by atoms with van der Waals surface area (Å²) >= 11 is 0. The number of nitrogens with zero attached hydrogens (tertiary/aromatic N) is 1. The SMILES string of the molecule is COC(=O)[C@H]1CCC(C(O[Si](C)(C)C)C(F)(F)F)N(C(=O)OCc2ccccc2)C1. The highest BCUT2D eigenvalue weighted by molar-refractivity contribution is 6.69. The molecular weight excluding hydrogens is 419 g/mol. The molecule has 1 aromatic rings. The number of ether oxygens (including phenoxy) is 2. The summed E-state index contributed by atoms with van der Waals surface area (Å²) in [5.41, 5.74) is 0.703. The van der Waals surface area contributed by atoms with Gasteiger partial charge in [0.05, 0.1) is 19.1 Å². The minimum absolute atomic E-state index is 0.0468. The van der Waals surface area contributed by atoms with Crippen molar-refractivity contribution in [3.05, 3.63) is 35.9 Å². The normalized spacial score (nSPS) is 21.1.